The minimum absolute atomic E-state index is 0.0815. The van der Waals surface area contributed by atoms with Crippen molar-refractivity contribution < 1.29 is 4.79 Å². The number of benzene rings is 2. The second-order valence-electron chi connectivity index (χ2n) is 5.53. The molecule has 0 saturated heterocycles. The Kier molecular flexibility index (Phi) is 4.11. The lowest BCUT2D eigenvalue weighted by molar-refractivity contribution is 0.0715. The summed E-state index contributed by atoms with van der Waals surface area (Å²) in [5, 5.41) is 0. The van der Waals surface area contributed by atoms with E-state index in [0.29, 0.717) is 0 Å². The van der Waals surface area contributed by atoms with Crippen molar-refractivity contribution in [2.24, 2.45) is 0 Å². The average Bonchev–Trinajstić information content (AvgIpc) is 2.53. The van der Waals surface area contributed by atoms with E-state index in [1.54, 1.807) is 0 Å². The first-order valence-corrected chi connectivity index (χ1v) is 8.06. The number of aryl methyl sites for hydroxylation is 1. The van der Waals surface area contributed by atoms with E-state index in [2.05, 4.69) is 40.2 Å². The normalized spacial score (nSPS) is 17.1. The van der Waals surface area contributed by atoms with Crippen molar-refractivity contribution in [2.45, 2.75) is 25.3 Å². The molecule has 1 unspecified atom stereocenters. The molecule has 3 rings (SSSR count). The van der Waals surface area contributed by atoms with Crippen LogP contribution in [0.3, 0.4) is 0 Å². The van der Waals surface area contributed by atoms with Gasteiger partial charge >= 0.3 is 0 Å². The Labute approximate surface area is 133 Å². The van der Waals surface area contributed by atoms with Gasteiger partial charge in [-0.3, -0.25) is 4.79 Å². The Hall–Kier alpha value is -1.61. The molecule has 108 valence electrons. The summed E-state index contributed by atoms with van der Waals surface area (Å²) in [6.07, 6.45) is 3.29. The lowest BCUT2D eigenvalue weighted by Crippen LogP contribution is -2.33. The van der Waals surface area contributed by atoms with Crippen LogP contribution in [-0.4, -0.2) is 17.9 Å². The number of fused-ring (bicyclic) bond motifs is 1. The molecule has 21 heavy (non-hydrogen) atoms. The Morgan fingerprint density at radius 3 is 2.81 bits per heavy atom. The van der Waals surface area contributed by atoms with E-state index in [1.165, 1.54) is 11.1 Å². The smallest absolute Gasteiger partial charge is 0.254 e. The zero-order chi connectivity index (χ0) is 14.8. The summed E-state index contributed by atoms with van der Waals surface area (Å²) in [6, 6.07) is 16.3. The van der Waals surface area contributed by atoms with Crippen LogP contribution in [0, 0.1) is 0 Å². The van der Waals surface area contributed by atoms with Crippen LogP contribution in [0.5, 0.6) is 0 Å². The third-order valence-electron chi connectivity index (χ3n) is 4.20. The van der Waals surface area contributed by atoms with Gasteiger partial charge in [-0.15, -0.1) is 0 Å². The molecule has 2 aromatic rings. The lowest BCUT2D eigenvalue weighted by atomic mass is 9.87. The summed E-state index contributed by atoms with van der Waals surface area (Å²) in [7, 11) is 1.91. The number of rotatable bonds is 2. The summed E-state index contributed by atoms with van der Waals surface area (Å²) in [4.78, 5) is 14.6. The zero-order valence-electron chi connectivity index (χ0n) is 12.1. The molecule has 0 spiro atoms. The Bertz CT molecular complexity index is 668. The maximum Gasteiger partial charge on any atom is 0.254 e. The average molecular weight is 344 g/mol. The minimum atomic E-state index is 0.0815. The fourth-order valence-corrected chi connectivity index (χ4v) is 3.50. The maximum absolute atomic E-state index is 12.7. The Morgan fingerprint density at radius 2 is 2.00 bits per heavy atom. The first kappa shape index (κ1) is 14.3. The predicted octanol–water partition coefficient (Wildman–Crippen LogP) is 4.60. The number of carbonyl (C=O) groups excluding carboxylic acids is 1. The van der Waals surface area contributed by atoms with Gasteiger partial charge in [-0.2, -0.15) is 0 Å². The van der Waals surface area contributed by atoms with Crippen molar-refractivity contribution in [2.75, 3.05) is 7.05 Å². The van der Waals surface area contributed by atoms with Gasteiger partial charge in [-0.1, -0.05) is 46.3 Å². The summed E-state index contributed by atoms with van der Waals surface area (Å²) in [5.41, 5.74) is 3.41. The third-order valence-corrected chi connectivity index (χ3v) is 4.69. The molecule has 0 bridgehead atoms. The monoisotopic (exact) mass is 343 g/mol. The number of hydrogen-bond acceptors (Lipinski definition) is 1. The van der Waals surface area contributed by atoms with Crippen LogP contribution in [0.1, 0.15) is 40.4 Å². The molecule has 2 aromatic carbocycles. The number of carbonyl (C=O) groups is 1. The van der Waals surface area contributed by atoms with Crippen molar-refractivity contribution in [1.82, 2.24) is 4.90 Å². The molecule has 1 amide bonds. The third kappa shape index (κ3) is 2.88. The molecule has 0 aliphatic heterocycles. The fraction of sp³-hybridized carbons (Fsp3) is 0.278. The number of amides is 1. The molecule has 1 aliphatic rings. The van der Waals surface area contributed by atoms with Gasteiger partial charge in [0.15, 0.2) is 0 Å². The largest absolute Gasteiger partial charge is 0.335 e. The highest BCUT2D eigenvalue weighted by molar-refractivity contribution is 9.10. The minimum Gasteiger partial charge on any atom is -0.335 e. The molecule has 0 N–H and O–H groups in total. The molecule has 3 heteroatoms. The summed E-state index contributed by atoms with van der Waals surface area (Å²) >= 11 is 3.43. The van der Waals surface area contributed by atoms with Crippen LogP contribution >= 0.6 is 15.9 Å². The summed E-state index contributed by atoms with van der Waals surface area (Å²) < 4.78 is 0.936. The van der Waals surface area contributed by atoms with Gasteiger partial charge < -0.3 is 4.90 Å². The Balaban J connectivity index is 1.89. The van der Waals surface area contributed by atoms with Crippen LogP contribution < -0.4 is 0 Å². The van der Waals surface area contributed by atoms with Crippen molar-refractivity contribution in [1.29, 1.82) is 0 Å². The van der Waals surface area contributed by atoms with E-state index in [1.807, 2.05) is 36.2 Å². The van der Waals surface area contributed by atoms with Gasteiger partial charge in [0.1, 0.15) is 0 Å². The maximum atomic E-state index is 12.7. The van der Waals surface area contributed by atoms with E-state index in [-0.39, 0.29) is 11.9 Å². The van der Waals surface area contributed by atoms with Crippen LogP contribution in [0.15, 0.2) is 53.0 Å². The van der Waals surface area contributed by atoms with Gasteiger partial charge in [0.05, 0.1) is 6.04 Å². The van der Waals surface area contributed by atoms with Gasteiger partial charge in [0, 0.05) is 17.1 Å². The van der Waals surface area contributed by atoms with Crippen LogP contribution in [-0.2, 0) is 6.42 Å². The van der Waals surface area contributed by atoms with Gasteiger partial charge in [0.2, 0.25) is 0 Å². The van der Waals surface area contributed by atoms with E-state index < -0.39 is 0 Å². The number of hydrogen-bond donors (Lipinski definition) is 0. The standard InChI is InChI=1S/C18H18BrNO/c1-20(18(21)14-8-4-9-15(19)12-14)17-11-5-7-13-6-2-3-10-16(13)17/h2-4,6,8-10,12,17H,5,7,11H2,1H3. The quantitative estimate of drug-likeness (QED) is 0.780. The van der Waals surface area contributed by atoms with E-state index >= 15 is 0 Å². The van der Waals surface area contributed by atoms with E-state index in [0.717, 1.165) is 29.3 Å². The Morgan fingerprint density at radius 1 is 1.19 bits per heavy atom. The number of halogens is 1. The molecule has 1 aliphatic carbocycles. The SMILES string of the molecule is CN(C(=O)c1cccc(Br)c1)C1CCCc2ccccc21. The second-order valence-corrected chi connectivity index (χ2v) is 6.45. The highest BCUT2D eigenvalue weighted by Crippen LogP contribution is 2.34. The van der Waals surface area contributed by atoms with Crippen LogP contribution in [0.4, 0.5) is 0 Å². The van der Waals surface area contributed by atoms with Crippen molar-refractivity contribution in [3.05, 3.63) is 69.7 Å². The lowest BCUT2D eigenvalue weighted by Gasteiger charge is -2.33. The zero-order valence-corrected chi connectivity index (χ0v) is 13.6. The van der Waals surface area contributed by atoms with Crippen LogP contribution in [0.25, 0.3) is 0 Å². The molecule has 0 radical (unpaired) electrons. The first-order chi connectivity index (χ1) is 10.2. The number of nitrogens with zero attached hydrogens (tertiary/aromatic N) is 1. The molecule has 2 nitrogen and oxygen atoms in total. The highest BCUT2D eigenvalue weighted by atomic mass is 79.9. The molecule has 0 heterocycles. The second kappa shape index (κ2) is 6.02. The van der Waals surface area contributed by atoms with Gasteiger partial charge in [-0.25, -0.2) is 0 Å². The van der Waals surface area contributed by atoms with Gasteiger partial charge in [0.25, 0.3) is 5.91 Å². The topological polar surface area (TPSA) is 20.3 Å². The van der Waals surface area contributed by atoms with E-state index in [9.17, 15) is 4.79 Å². The fourth-order valence-electron chi connectivity index (χ4n) is 3.10. The summed E-state index contributed by atoms with van der Waals surface area (Å²) in [5.74, 6) is 0.0815. The van der Waals surface area contributed by atoms with E-state index in [4.69, 9.17) is 0 Å². The molecule has 0 fully saturated rings. The van der Waals surface area contributed by atoms with Crippen molar-refractivity contribution >= 4 is 21.8 Å². The van der Waals surface area contributed by atoms with Crippen LogP contribution in [0.2, 0.25) is 0 Å². The molecule has 1 atom stereocenters. The predicted molar refractivity (Wildman–Crippen MR) is 88.4 cm³/mol. The molecule has 0 aromatic heterocycles. The summed E-state index contributed by atoms with van der Waals surface area (Å²) in [6.45, 7) is 0. The molecular formula is C18H18BrNO. The highest BCUT2D eigenvalue weighted by Gasteiger charge is 2.26. The first-order valence-electron chi connectivity index (χ1n) is 7.27. The van der Waals surface area contributed by atoms with Crippen molar-refractivity contribution in [3.8, 4) is 0 Å². The van der Waals surface area contributed by atoms with Crippen molar-refractivity contribution in [3.63, 3.8) is 0 Å². The molecular weight excluding hydrogens is 326 g/mol. The van der Waals surface area contributed by atoms with Gasteiger partial charge in [-0.05, 0) is 48.6 Å². The molecule has 0 saturated carbocycles.